The minimum atomic E-state index is -3.01. The van der Waals surface area contributed by atoms with E-state index < -0.39 is 24.1 Å². The third-order valence-corrected chi connectivity index (χ3v) is 5.55. The Bertz CT molecular complexity index is 1170. The number of nitriles is 1. The Kier molecular flexibility index (Phi) is 7.68. The number of aromatic nitrogens is 1. The van der Waals surface area contributed by atoms with Crippen LogP contribution in [-0.4, -0.2) is 66.1 Å². The van der Waals surface area contributed by atoms with E-state index in [9.17, 15) is 23.6 Å². The predicted molar refractivity (Wildman–Crippen MR) is 126 cm³/mol. The molecule has 1 aromatic heterocycles. The van der Waals surface area contributed by atoms with Gasteiger partial charge < -0.3 is 24.3 Å². The van der Waals surface area contributed by atoms with Crippen molar-refractivity contribution < 1.29 is 27.8 Å². The van der Waals surface area contributed by atoms with Gasteiger partial charge in [-0.05, 0) is 63.3 Å². The Morgan fingerprint density at radius 3 is 2.43 bits per heavy atom. The molecule has 8 nitrogen and oxygen atoms in total. The number of allylic oxidation sites excluding steroid dienone is 1. The van der Waals surface area contributed by atoms with Crippen LogP contribution in [-0.2, 0) is 4.74 Å². The normalized spacial score (nSPS) is 15.3. The van der Waals surface area contributed by atoms with Crippen LogP contribution in [0, 0.1) is 11.3 Å². The molecule has 10 heteroatoms. The van der Waals surface area contributed by atoms with Crippen LogP contribution in [0.25, 0.3) is 10.9 Å². The second kappa shape index (κ2) is 10.3. The molecule has 0 atom stereocenters. The van der Waals surface area contributed by atoms with Crippen LogP contribution in [0.5, 0.6) is 5.75 Å². The van der Waals surface area contributed by atoms with E-state index in [1.54, 1.807) is 50.7 Å². The van der Waals surface area contributed by atoms with Gasteiger partial charge in [-0.2, -0.15) is 14.0 Å². The van der Waals surface area contributed by atoms with E-state index in [1.807, 2.05) is 6.07 Å². The van der Waals surface area contributed by atoms with Crippen molar-refractivity contribution >= 4 is 22.8 Å². The number of benzene rings is 1. The van der Waals surface area contributed by atoms with Crippen molar-refractivity contribution in [3.05, 3.63) is 41.2 Å². The van der Waals surface area contributed by atoms with Crippen LogP contribution in [0.15, 0.2) is 30.0 Å². The Labute approximate surface area is 203 Å². The van der Waals surface area contributed by atoms with E-state index in [0.29, 0.717) is 42.4 Å². The zero-order chi connectivity index (χ0) is 25.9. The van der Waals surface area contributed by atoms with Gasteiger partial charge >= 0.3 is 12.7 Å². The first kappa shape index (κ1) is 26.0. The number of fused-ring (bicyclic) bond motifs is 1. The van der Waals surface area contributed by atoms with Gasteiger partial charge in [0.1, 0.15) is 23.0 Å². The molecule has 1 N–H and O–H groups in total. The van der Waals surface area contributed by atoms with E-state index in [4.69, 9.17) is 9.47 Å². The fourth-order valence-electron chi connectivity index (χ4n) is 4.06. The van der Waals surface area contributed by atoms with Gasteiger partial charge in [0.25, 0.3) is 0 Å². The molecule has 0 saturated carbocycles. The first-order chi connectivity index (χ1) is 16.4. The molecule has 1 amide bonds. The highest BCUT2D eigenvalue weighted by atomic mass is 19.3. The number of piperidine rings is 1. The molecule has 2 heterocycles. The fourth-order valence-corrected chi connectivity index (χ4v) is 4.06. The highest BCUT2D eigenvalue weighted by Crippen LogP contribution is 2.38. The van der Waals surface area contributed by atoms with Crippen molar-refractivity contribution in [3.8, 4) is 11.8 Å². The molecular formula is C25H30F2N4O4. The lowest BCUT2D eigenvalue weighted by Gasteiger charge is -2.34. The summed E-state index contributed by atoms with van der Waals surface area (Å²) in [4.78, 5) is 31.4. The average molecular weight is 489 g/mol. The number of nitrogens with one attached hydrogen (secondary N) is 1. The molecular weight excluding hydrogens is 458 g/mol. The number of nitrogens with zero attached hydrogens (tertiary/aromatic N) is 3. The SMILES string of the molecule is CN(C)C=C(C#N)C(=O)c1cc2cc(OC(F)F)c(C3CCN(C(=O)OC(C)(C)C)CC3)cc2[nH]1. The average Bonchev–Trinajstić information content (AvgIpc) is 3.18. The van der Waals surface area contributed by atoms with E-state index in [1.165, 1.54) is 18.3 Å². The summed E-state index contributed by atoms with van der Waals surface area (Å²) in [6.07, 6.45) is 2.10. The molecule has 2 aromatic rings. The van der Waals surface area contributed by atoms with Gasteiger partial charge in [0.05, 0.1) is 5.69 Å². The second-order valence-electron chi connectivity index (χ2n) is 9.73. The summed E-state index contributed by atoms with van der Waals surface area (Å²) in [5.74, 6) is -0.593. The molecule has 1 aromatic carbocycles. The number of likely N-dealkylation sites (tertiary alicyclic amines) is 1. The summed E-state index contributed by atoms with van der Waals surface area (Å²) in [7, 11) is 3.40. The van der Waals surface area contributed by atoms with Gasteiger partial charge in [0.2, 0.25) is 5.78 Å². The second-order valence-corrected chi connectivity index (χ2v) is 9.73. The predicted octanol–water partition coefficient (Wildman–Crippen LogP) is 5.04. The van der Waals surface area contributed by atoms with Crippen molar-refractivity contribution in [1.29, 1.82) is 5.26 Å². The monoisotopic (exact) mass is 488 g/mol. The van der Waals surface area contributed by atoms with Crippen molar-refractivity contribution in [3.63, 3.8) is 0 Å². The van der Waals surface area contributed by atoms with Crippen LogP contribution in [0.4, 0.5) is 13.6 Å². The highest BCUT2D eigenvalue weighted by molar-refractivity contribution is 6.12. The molecule has 3 rings (SSSR count). The summed E-state index contributed by atoms with van der Waals surface area (Å²) in [6.45, 7) is 3.22. The fraction of sp³-hybridized carbons (Fsp3) is 0.480. The number of carbonyl (C=O) groups is 2. The quantitative estimate of drug-likeness (QED) is 0.348. The number of carbonyl (C=O) groups excluding carboxylic acids is 2. The summed E-state index contributed by atoms with van der Waals surface area (Å²) in [5, 5.41) is 9.86. The highest BCUT2D eigenvalue weighted by Gasteiger charge is 2.30. The largest absolute Gasteiger partial charge is 0.444 e. The minimum Gasteiger partial charge on any atom is -0.444 e. The summed E-state index contributed by atoms with van der Waals surface area (Å²) in [6, 6.07) is 6.59. The number of H-pyrrole nitrogens is 1. The number of hydrogen-bond donors (Lipinski definition) is 1. The molecule has 1 saturated heterocycles. The number of alkyl halides is 2. The van der Waals surface area contributed by atoms with Crippen molar-refractivity contribution in [1.82, 2.24) is 14.8 Å². The van der Waals surface area contributed by atoms with Gasteiger partial charge in [0, 0.05) is 44.3 Å². The third kappa shape index (κ3) is 6.50. The number of amides is 1. The number of hydrogen-bond acceptors (Lipinski definition) is 6. The summed E-state index contributed by atoms with van der Waals surface area (Å²) < 4.78 is 36.7. The molecule has 0 radical (unpaired) electrons. The Balaban J connectivity index is 1.89. The number of aromatic amines is 1. The molecule has 1 aliphatic heterocycles. The standard InChI is InChI=1S/C25H30F2N4O4/c1-25(2,3)35-24(33)31-8-6-15(7-9-31)18-12-19-16(11-21(18)34-23(26)27)10-20(29-19)22(32)17(13-28)14-30(4)5/h10-12,14-15,23,29H,6-9H2,1-5H3. The maximum Gasteiger partial charge on any atom is 0.410 e. The Morgan fingerprint density at radius 1 is 1.23 bits per heavy atom. The van der Waals surface area contributed by atoms with Gasteiger partial charge in [-0.3, -0.25) is 4.79 Å². The van der Waals surface area contributed by atoms with E-state index in [-0.39, 0.29) is 22.9 Å². The van der Waals surface area contributed by atoms with Crippen LogP contribution in [0.2, 0.25) is 0 Å². The van der Waals surface area contributed by atoms with Gasteiger partial charge in [-0.25, -0.2) is 4.79 Å². The molecule has 1 aliphatic rings. The lowest BCUT2D eigenvalue weighted by Crippen LogP contribution is -2.41. The summed E-state index contributed by atoms with van der Waals surface area (Å²) >= 11 is 0. The smallest absolute Gasteiger partial charge is 0.410 e. The molecule has 35 heavy (non-hydrogen) atoms. The van der Waals surface area contributed by atoms with Crippen molar-refractivity contribution in [2.24, 2.45) is 0 Å². The first-order valence-corrected chi connectivity index (χ1v) is 11.3. The maximum absolute atomic E-state index is 13.2. The number of halogens is 2. The van der Waals surface area contributed by atoms with Crippen LogP contribution in [0.3, 0.4) is 0 Å². The van der Waals surface area contributed by atoms with E-state index in [0.717, 1.165) is 0 Å². The van der Waals surface area contributed by atoms with Crippen molar-refractivity contribution in [2.45, 2.75) is 51.7 Å². The number of ether oxygens (including phenoxy) is 2. The molecule has 1 fully saturated rings. The lowest BCUT2D eigenvalue weighted by molar-refractivity contribution is -0.0506. The van der Waals surface area contributed by atoms with Crippen molar-refractivity contribution in [2.75, 3.05) is 27.2 Å². The van der Waals surface area contributed by atoms with Crippen LogP contribution < -0.4 is 4.74 Å². The molecule has 0 unspecified atom stereocenters. The van der Waals surface area contributed by atoms with E-state index in [2.05, 4.69) is 4.98 Å². The van der Waals surface area contributed by atoms with Gasteiger partial charge in [0.15, 0.2) is 0 Å². The van der Waals surface area contributed by atoms with Crippen LogP contribution >= 0.6 is 0 Å². The molecule has 188 valence electrons. The number of ketones is 1. The zero-order valence-corrected chi connectivity index (χ0v) is 20.5. The zero-order valence-electron chi connectivity index (χ0n) is 20.5. The molecule has 0 aliphatic carbocycles. The number of Topliss-reactive ketones (excluding diaryl/α,β-unsaturated/α-hetero) is 1. The Hall–Kier alpha value is -3.61. The number of rotatable bonds is 6. The van der Waals surface area contributed by atoms with Gasteiger partial charge in [-0.15, -0.1) is 0 Å². The third-order valence-electron chi connectivity index (χ3n) is 5.55. The lowest BCUT2D eigenvalue weighted by atomic mass is 9.88. The minimum absolute atomic E-state index is 0.0329. The molecule has 0 spiro atoms. The molecule has 0 bridgehead atoms. The summed E-state index contributed by atoms with van der Waals surface area (Å²) in [5.41, 5.74) is 0.663. The van der Waals surface area contributed by atoms with Crippen LogP contribution in [0.1, 0.15) is 55.6 Å². The van der Waals surface area contributed by atoms with E-state index >= 15 is 0 Å². The first-order valence-electron chi connectivity index (χ1n) is 11.3. The Morgan fingerprint density at radius 2 is 1.89 bits per heavy atom. The van der Waals surface area contributed by atoms with Gasteiger partial charge in [-0.1, -0.05) is 0 Å². The maximum atomic E-state index is 13.2. The topological polar surface area (TPSA) is 98.7 Å².